The molecule has 0 saturated carbocycles. The lowest BCUT2D eigenvalue weighted by atomic mass is 10.1. The first kappa shape index (κ1) is 16.2. The Bertz CT molecular complexity index is 243. The lowest BCUT2D eigenvalue weighted by Gasteiger charge is -2.31. The third-order valence-electron chi connectivity index (χ3n) is 3.16. The first-order chi connectivity index (χ1) is 9.27. The number of likely N-dealkylation sites (tertiary alicyclic amines) is 1. The molecule has 0 aromatic carbocycles. The minimum absolute atomic E-state index is 0.0831. The predicted octanol–water partition coefficient (Wildman–Crippen LogP) is 0.596. The van der Waals surface area contributed by atoms with Crippen molar-refractivity contribution in [3.8, 4) is 0 Å². The number of nitrogens with one attached hydrogen (secondary N) is 1. The monoisotopic (exact) mass is 274 g/mol. The zero-order valence-electron chi connectivity index (χ0n) is 11.8. The highest BCUT2D eigenvalue weighted by molar-refractivity contribution is 5.67. The Labute approximate surface area is 115 Å². The number of aliphatic hydroxyl groups excluding tert-OH is 1. The number of hydrogen-bond acceptors (Lipinski definition) is 5. The Hall–Kier alpha value is -0.850. The maximum Gasteiger partial charge on any atom is 0.409 e. The van der Waals surface area contributed by atoms with Gasteiger partial charge in [-0.3, -0.25) is 0 Å². The van der Waals surface area contributed by atoms with E-state index in [2.05, 4.69) is 5.32 Å². The molecule has 2 N–H and O–H groups in total. The number of carbonyl (C=O) groups excluding carboxylic acids is 1. The van der Waals surface area contributed by atoms with Crippen molar-refractivity contribution in [2.45, 2.75) is 32.2 Å². The molecule has 112 valence electrons. The molecule has 0 radical (unpaired) electrons. The van der Waals surface area contributed by atoms with Crippen LogP contribution in [0.15, 0.2) is 0 Å². The number of ether oxygens (including phenoxy) is 2. The third kappa shape index (κ3) is 6.75. The Kier molecular flexibility index (Phi) is 8.53. The van der Waals surface area contributed by atoms with Crippen LogP contribution < -0.4 is 5.32 Å². The van der Waals surface area contributed by atoms with Crippen molar-refractivity contribution in [1.29, 1.82) is 0 Å². The average molecular weight is 274 g/mol. The molecule has 0 aromatic rings. The van der Waals surface area contributed by atoms with Gasteiger partial charge in [-0.05, 0) is 32.7 Å². The molecule has 6 heteroatoms. The highest BCUT2D eigenvalue weighted by Crippen LogP contribution is 2.11. The summed E-state index contributed by atoms with van der Waals surface area (Å²) in [5.74, 6) is 0. The summed E-state index contributed by atoms with van der Waals surface area (Å²) in [6.07, 6.45) is 2.68. The normalized spacial score (nSPS) is 16.6. The molecule has 1 saturated heterocycles. The van der Waals surface area contributed by atoms with E-state index >= 15 is 0 Å². The van der Waals surface area contributed by atoms with Crippen LogP contribution in [0.1, 0.15) is 26.2 Å². The Morgan fingerprint density at radius 2 is 2.11 bits per heavy atom. The number of aliphatic hydroxyl groups is 1. The zero-order chi connectivity index (χ0) is 13.9. The van der Waals surface area contributed by atoms with Gasteiger partial charge < -0.3 is 24.8 Å². The fraction of sp³-hybridized carbons (Fsp3) is 0.923. The number of hydrogen-bond donors (Lipinski definition) is 2. The van der Waals surface area contributed by atoms with E-state index < -0.39 is 0 Å². The number of nitrogens with zero attached hydrogens (tertiary/aromatic N) is 1. The average Bonchev–Trinajstić information content (AvgIpc) is 2.43. The van der Waals surface area contributed by atoms with Gasteiger partial charge in [0.05, 0.1) is 19.8 Å². The summed E-state index contributed by atoms with van der Waals surface area (Å²) in [6.45, 7) is 5.87. The second-order valence-corrected chi connectivity index (χ2v) is 4.60. The first-order valence-corrected chi connectivity index (χ1v) is 7.11. The summed E-state index contributed by atoms with van der Waals surface area (Å²) in [7, 11) is 0. The van der Waals surface area contributed by atoms with Crippen LogP contribution >= 0.6 is 0 Å². The minimum atomic E-state index is -0.196. The van der Waals surface area contributed by atoms with Gasteiger partial charge in [0.2, 0.25) is 0 Å². The van der Waals surface area contributed by atoms with Crippen LogP contribution in [0.5, 0.6) is 0 Å². The summed E-state index contributed by atoms with van der Waals surface area (Å²) in [4.78, 5) is 13.3. The van der Waals surface area contributed by atoms with Gasteiger partial charge in [0.1, 0.15) is 0 Å². The van der Waals surface area contributed by atoms with Crippen LogP contribution in [0.4, 0.5) is 4.79 Å². The molecule has 1 heterocycles. The fourth-order valence-electron chi connectivity index (χ4n) is 2.13. The maximum absolute atomic E-state index is 11.5. The summed E-state index contributed by atoms with van der Waals surface area (Å²) in [5.41, 5.74) is 0. The number of rotatable bonds is 8. The Morgan fingerprint density at radius 3 is 2.74 bits per heavy atom. The Balaban J connectivity index is 2.02. The van der Waals surface area contributed by atoms with Crippen molar-refractivity contribution < 1.29 is 19.4 Å². The lowest BCUT2D eigenvalue weighted by Crippen LogP contribution is -2.45. The van der Waals surface area contributed by atoms with Crippen LogP contribution in [-0.4, -0.2) is 68.2 Å². The summed E-state index contributed by atoms with van der Waals surface area (Å²) in [6, 6.07) is 0.475. The molecule has 1 rings (SSSR count). The molecule has 6 nitrogen and oxygen atoms in total. The quantitative estimate of drug-likeness (QED) is 0.634. The first-order valence-electron chi connectivity index (χ1n) is 7.11. The standard InChI is InChI=1S/C13H26N2O4/c1-2-19-13(17)15-7-4-12(5-8-15)14-6-3-10-18-11-9-16/h12,14,16H,2-11H2,1H3. The summed E-state index contributed by atoms with van der Waals surface area (Å²) < 4.78 is 10.2. The van der Waals surface area contributed by atoms with Gasteiger partial charge in [-0.15, -0.1) is 0 Å². The van der Waals surface area contributed by atoms with Gasteiger partial charge in [0, 0.05) is 25.7 Å². The van der Waals surface area contributed by atoms with Crippen LogP contribution in [0, 0.1) is 0 Å². The SMILES string of the molecule is CCOC(=O)N1CCC(NCCCOCCO)CC1. The van der Waals surface area contributed by atoms with Gasteiger partial charge in [-0.2, -0.15) is 0 Å². The third-order valence-corrected chi connectivity index (χ3v) is 3.16. The highest BCUT2D eigenvalue weighted by atomic mass is 16.6. The predicted molar refractivity (Wildman–Crippen MR) is 72.1 cm³/mol. The Morgan fingerprint density at radius 1 is 1.37 bits per heavy atom. The van der Waals surface area contributed by atoms with E-state index in [0.717, 1.165) is 38.9 Å². The molecular formula is C13H26N2O4. The molecule has 0 aromatic heterocycles. The highest BCUT2D eigenvalue weighted by Gasteiger charge is 2.22. The molecule has 1 aliphatic heterocycles. The van der Waals surface area contributed by atoms with E-state index in [9.17, 15) is 4.79 Å². The van der Waals surface area contributed by atoms with E-state index in [4.69, 9.17) is 14.6 Å². The molecule has 0 bridgehead atoms. The zero-order valence-corrected chi connectivity index (χ0v) is 11.8. The van der Waals surface area contributed by atoms with Crippen molar-refractivity contribution in [1.82, 2.24) is 10.2 Å². The van der Waals surface area contributed by atoms with E-state index in [1.807, 2.05) is 6.92 Å². The molecule has 1 fully saturated rings. The van der Waals surface area contributed by atoms with Gasteiger partial charge in [0.15, 0.2) is 0 Å². The van der Waals surface area contributed by atoms with Crippen molar-refractivity contribution >= 4 is 6.09 Å². The van der Waals surface area contributed by atoms with E-state index in [-0.39, 0.29) is 12.7 Å². The molecule has 1 amide bonds. The second kappa shape index (κ2) is 10.00. The van der Waals surface area contributed by atoms with E-state index in [0.29, 0.717) is 25.9 Å². The largest absolute Gasteiger partial charge is 0.450 e. The molecule has 0 unspecified atom stereocenters. The van der Waals surface area contributed by atoms with Gasteiger partial charge in [0.25, 0.3) is 0 Å². The maximum atomic E-state index is 11.5. The van der Waals surface area contributed by atoms with Crippen molar-refractivity contribution in [2.24, 2.45) is 0 Å². The molecule has 0 aliphatic carbocycles. The van der Waals surface area contributed by atoms with Crippen molar-refractivity contribution in [3.63, 3.8) is 0 Å². The van der Waals surface area contributed by atoms with Crippen LogP contribution in [0.2, 0.25) is 0 Å². The van der Waals surface area contributed by atoms with Gasteiger partial charge in [-0.1, -0.05) is 0 Å². The number of piperidine rings is 1. The lowest BCUT2D eigenvalue weighted by molar-refractivity contribution is 0.0875. The number of carbonyl (C=O) groups is 1. The van der Waals surface area contributed by atoms with Crippen molar-refractivity contribution in [2.75, 3.05) is 46.1 Å². The summed E-state index contributed by atoms with van der Waals surface area (Å²) >= 11 is 0. The molecule has 1 aliphatic rings. The van der Waals surface area contributed by atoms with E-state index in [1.54, 1.807) is 4.90 Å². The minimum Gasteiger partial charge on any atom is -0.450 e. The van der Waals surface area contributed by atoms with Crippen LogP contribution in [0.3, 0.4) is 0 Å². The molecule has 0 spiro atoms. The molecule has 0 atom stereocenters. The van der Waals surface area contributed by atoms with Crippen LogP contribution in [-0.2, 0) is 9.47 Å². The fourth-order valence-corrected chi connectivity index (χ4v) is 2.13. The second-order valence-electron chi connectivity index (χ2n) is 4.60. The molecular weight excluding hydrogens is 248 g/mol. The van der Waals surface area contributed by atoms with E-state index in [1.165, 1.54) is 0 Å². The van der Waals surface area contributed by atoms with Crippen LogP contribution in [0.25, 0.3) is 0 Å². The van der Waals surface area contributed by atoms with Crippen molar-refractivity contribution in [3.05, 3.63) is 0 Å². The number of amides is 1. The smallest absolute Gasteiger partial charge is 0.409 e. The summed E-state index contributed by atoms with van der Waals surface area (Å²) in [5, 5.41) is 12.0. The topological polar surface area (TPSA) is 71.0 Å². The van der Waals surface area contributed by atoms with Gasteiger partial charge >= 0.3 is 6.09 Å². The molecule has 19 heavy (non-hydrogen) atoms. The van der Waals surface area contributed by atoms with Gasteiger partial charge in [-0.25, -0.2) is 4.79 Å².